The van der Waals surface area contributed by atoms with Crippen molar-refractivity contribution in [2.75, 3.05) is 11.9 Å². The first-order valence-corrected chi connectivity index (χ1v) is 21.5. The molecule has 16 nitrogen and oxygen atoms in total. The fraction of sp³-hybridized carbons (Fsp3) is 0.354. The highest BCUT2D eigenvalue weighted by atomic mass is 16.6. The van der Waals surface area contributed by atoms with Crippen LogP contribution in [0.5, 0.6) is 0 Å². The molecule has 0 saturated heterocycles. The summed E-state index contributed by atoms with van der Waals surface area (Å²) in [6.07, 6.45) is 6.18. The van der Waals surface area contributed by atoms with Crippen LogP contribution >= 0.6 is 0 Å². The van der Waals surface area contributed by atoms with E-state index in [4.69, 9.17) is 14.7 Å². The molecule has 2 aromatic carbocycles. The molecule has 5 aromatic rings. The number of hydrogen-bond donors (Lipinski definition) is 4. The first-order chi connectivity index (χ1) is 30.6. The Kier molecular flexibility index (Phi) is 11.7. The van der Waals surface area contributed by atoms with E-state index in [9.17, 15) is 38.7 Å². The van der Waals surface area contributed by atoms with Gasteiger partial charge in [-0.2, -0.15) is 0 Å². The summed E-state index contributed by atoms with van der Waals surface area (Å²) in [5.74, 6) is -2.93. The average Bonchev–Trinajstić information content (AvgIpc) is 3.81. The molecule has 3 aliphatic rings. The van der Waals surface area contributed by atoms with Crippen molar-refractivity contribution in [1.29, 1.82) is 0 Å². The molecule has 16 heteroatoms. The summed E-state index contributed by atoms with van der Waals surface area (Å²) in [5, 5.41) is 21.4. The summed E-state index contributed by atoms with van der Waals surface area (Å²) in [6.45, 7) is 9.19. The molecule has 330 valence electrons. The molecule has 3 aromatic heterocycles. The van der Waals surface area contributed by atoms with Crippen molar-refractivity contribution in [2.24, 2.45) is 5.92 Å². The zero-order valence-corrected chi connectivity index (χ0v) is 36.2. The topological polar surface area (TPSA) is 219 Å². The van der Waals surface area contributed by atoms with Gasteiger partial charge in [-0.1, -0.05) is 39.3 Å². The Balaban J connectivity index is 0.920. The van der Waals surface area contributed by atoms with Crippen LogP contribution in [0.1, 0.15) is 82.1 Å². The number of esters is 1. The summed E-state index contributed by atoms with van der Waals surface area (Å²) < 4.78 is 6.85. The van der Waals surface area contributed by atoms with E-state index in [1.807, 2.05) is 37.3 Å². The maximum absolute atomic E-state index is 13.8. The quantitative estimate of drug-likeness (QED) is 0.0510. The Morgan fingerprint density at radius 2 is 1.59 bits per heavy atom. The minimum Gasteiger partial charge on any atom is -0.458 e. The number of aryl methyl sites for hydroxylation is 1. The van der Waals surface area contributed by atoms with Crippen LogP contribution in [0.15, 0.2) is 71.7 Å². The molecule has 64 heavy (non-hydrogen) atoms. The molecule has 0 radical (unpaired) electrons. The Hall–Kier alpha value is -7.07. The summed E-state index contributed by atoms with van der Waals surface area (Å²) in [6, 6.07) is 13.0. The van der Waals surface area contributed by atoms with E-state index in [0.717, 1.165) is 43.4 Å². The van der Waals surface area contributed by atoms with Crippen molar-refractivity contribution >= 4 is 63.0 Å². The fourth-order valence-corrected chi connectivity index (χ4v) is 8.69. The van der Waals surface area contributed by atoms with Crippen molar-refractivity contribution in [3.63, 3.8) is 0 Å². The zero-order valence-electron chi connectivity index (χ0n) is 36.2. The van der Waals surface area contributed by atoms with Gasteiger partial charge in [-0.3, -0.25) is 38.7 Å². The van der Waals surface area contributed by atoms with E-state index in [2.05, 4.69) is 16.0 Å². The molecule has 6 heterocycles. The minimum atomic E-state index is -1.92. The van der Waals surface area contributed by atoms with Gasteiger partial charge in [0.15, 0.2) is 5.60 Å². The third-order valence-electron chi connectivity index (χ3n) is 12.5. The number of hydrogen-bond acceptors (Lipinski definition) is 11. The Bertz CT molecular complexity index is 2870. The first-order valence-electron chi connectivity index (χ1n) is 21.5. The van der Waals surface area contributed by atoms with E-state index in [1.54, 1.807) is 56.7 Å². The highest BCUT2D eigenvalue weighted by Gasteiger charge is 2.45. The average molecular weight is 868 g/mol. The molecular weight excluding hydrogens is 819 g/mol. The van der Waals surface area contributed by atoms with Crippen LogP contribution in [0.3, 0.4) is 0 Å². The molecule has 0 unspecified atom stereocenters. The van der Waals surface area contributed by atoms with Gasteiger partial charge >= 0.3 is 5.97 Å². The molecular formula is C48H49N7O9. The lowest BCUT2D eigenvalue weighted by Crippen LogP contribution is -2.53. The number of pyridine rings is 3. The third kappa shape index (κ3) is 7.93. The number of fused-ring (bicyclic) bond motifs is 7. The number of unbranched alkanes of at least 4 members (excludes halogenated alkanes) is 2. The van der Waals surface area contributed by atoms with Crippen LogP contribution in [0.25, 0.3) is 44.3 Å². The molecule has 0 saturated carbocycles. The Morgan fingerprint density at radius 3 is 2.30 bits per heavy atom. The zero-order chi connectivity index (χ0) is 45.6. The predicted octanol–water partition coefficient (Wildman–Crippen LogP) is 4.67. The maximum atomic E-state index is 13.8. The normalized spacial score (nSPS) is 17.3. The molecule has 0 fully saturated rings. The Labute approximate surface area is 368 Å². The van der Waals surface area contributed by atoms with Gasteiger partial charge in [-0.25, -0.2) is 9.78 Å². The van der Waals surface area contributed by atoms with Crippen molar-refractivity contribution in [3.05, 3.63) is 99.5 Å². The second-order valence-electron chi connectivity index (χ2n) is 17.0. The number of amides is 5. The number of rotatable bonds is 14. The molecule has 0 aliphatic carbocycles. The standard InChI is InChI=1S/C48H49N7O9/c1-6-48(63)34-21-37-43-32(23-55(37)46(61)33(34)24-64-47(48)62)26(4)41-31-20-29(22-49-35(31)15-16-36(41)52-43)28-11-13-30(14-12-28)51-44(59)27(5)50-45(60)42(25(2)3)53-38(56)10-8-7-9-19-54-39(57)17-18-40(54)58/h11-18,20-22,25,27,42,63H,6-10,19,23-24H2,1-5H3,(H,50,60)(H,51,59)(H,53,56)/t27-,42-,48-/m0/s1. The number of ether oxygens (including phenoxy) is 1. The van der Waals surface area contributed by atoms with E-state index in [0.29, 0.717) is 41.9 Å². The Morgan fingerprint density at radius 1 is 0.875 bits per heavy atom. The fourth-order valence-electron chi connectivity index (χ4n) is 8.69. The number of imide groups is 1. The molecule has 4 N–H and O–H groups in total. The molecule has 5 amide bonds. The van der Waals surface area contributed by atoms with Gasteiger partial charge < -0.3 is 30.4 Å². The number of anilines is 1. The van der Waals surface area contributed by atoms with Crippen LogP contribution < -0.4 is 21.5 Å². The summed E-state index contributed by atoms with van der Waals surface area (Å²) in [5.41, 5.74) is 4.87. The van der Waals surface area contributed by atoms with Crippen LogP contribution in [0, 0.1) is 12.8 Å². The highest BCUT2D eigenvalue weighted by Crippen LogP contribution is 2.41. The molecule has 3 aliphatic heterocycles. The SMILES string of the molecule is CC[C@@]1(O)C(=O)OCc2c1cc1n(c2=O)Cc2c-1nc1ccc3ncc(-c4ccc(NC(=O)[C@H](C)NC(=O)[C@@H](NC(=O)CCCCCN5C(=O)C=CC5=O)C(C)C)cc4)cc3c1c2C. The van der Waals surface area contributed by atoms with E-state index < -0.39 is 35.5 Å². The molecule has 0 bridgehead atoms. The maximum Gasteiger partial charge on any atom is 0.343 e. The first kappa shape index (κ1) is 43.6. The van der Waals surface area contributed by atoms with Crippen molar-refractivity contribution in [3.8, 4) is 22.5 Å². The largest absolute Gasteiger partial charge is 0.458 e. The summed E-state index contributed by atoms with van der Waals surface area (Å²) in [7, 11) is 0. The van der Waals surface area contributed by atoms with Crippen LogP contribution in [-0.4, -0.2) is 78.7 Å². The van der Waals surface area contributed by atoms with Gasteiger partial charge in [0.2, 0.25) is 17.7 Å². The minimum absolute atomic E-state index is 0.0550. The van der Waals surface area contributed by atoms with Gasteiger partial charge in [0.25, 0.3) is 17.4 Å². The number of benzene rings is 2. The van der Waals surface area contributed by atoms with Gasteiger partial charge in [-0.15, -0.1) is 0 Å². The third-order valence-corrected chi connectivity index (χ3v) is 12.5. The number of aromatic nitrogens is 3. The van der Waals surface area contributed by atoms with Crippen LogP contribution in [-0.2, 0) is 52.3 Å². The van der Waals surface area contributed by atoms with Crippen molar-refractivity contribution < 1.29 is 38.6 Å². The van der Waals surface area contributed by atoms with Gasteiger partial charge in [-0.05, 0) is 86.6 Å². The number of cyclic esters (lactones) is 1. The van der Waals surface area contributed by atoms with Gasteiger partial charge in [0, 0.05) is 64.5 Å². The molecule has 8 rings (SSSR count). The second-order valence-corrected chi connectivity index (χ2v) is 17.0. The lowest BCUT2D eigenvalue weighted by atomic mass is 9.86. The molecule has 0 spiro atoms. The number of nitrogens with one attached hydrogen (secondary N) is 3. The van der Waals surface area contributed by atoms with Crippen LogP contribution in [0.4, 0.5) is 5.69 Å². The number of carbonyl (C=O) groups is 6. The van der Waals surface area contributed by atoms with Gasteiger partial charge in [0.1, 0.15) is 18.7 Å². The lowest BCUT2D eigenvalue weighted by molar-refractivity contribution is -0.172. The summed E-state index contributed by atoms with van der Waals surface area (Å²) in [4.78, 5) is 100. The summed E-state index contributed by atoms with van der Waals surface area (Å²) >= 11 is 0. The van der Waals surface area contributed by atoms with E-state index >= 15 is 0 Å². The number of carbonyl (C=O) groups excluding carboxylic acids is 6. The predicted molar refractivity (Wildman–Crippen MR) is 237 cm³/mol. The van der Waals surface area contributed by atoms with Crippen LogP contribution in [0.2, 0.25) is 0 Å². The lowest BCUT2D eigenvalue weighted by Gasteiger charge is -2.31. The van der Waals surface area contributed by atoms with Crippen molar-refractivity contribution in [1.82, 2.24) is 30.1 Å². The smallest absolute Gasteiger partial charge is 0.343 e. The monoisotopic (exact) mass is 867 g/mol. The van der Waals surface area contributed by atoms with E-state index in [1.165, 1.54) is 12.2 Å². The highest BCUT2D eigenvalue weighted by molar-refractivity contribution is 6.13. The molecule has 3 atom stereocenters. The van der Waals surface area contributed by atoms with Crippen molar-refractivity contribution in [2.45, 2.75) is 97.6 Å². The second kappa shape index (κ2) is 17.2. The van der Waals surface area contributed by atoms with Gasteiger partial charge in [0.05, 0.1) is 34.5 Å². The van der Waals surface area contributed by atoms with E-state index in [-0.39, 0.29) is 72.9 Å². The number of nitrogens with zero attached hydrogens (tertiary/aromatic N) is 4. The number of aliphatic hydroxyl groups is 1.